The number of anilines is 2. The molecule has 2 aliphatic heterocycles. The number of barbiturate groups is 1. The molecule has 2 aliphatic rings. The molecule has 0 radical (unpaired) electrons. The van der Waals surface area contributed by atoms with Gasteiger partial charge in [-0.25, -0.2) is 9.69 Å². The van der Waals surface area contributed by atoms with Gasteiger partial charge in [-0.05, 0) is 49.4 Å². The summed E-state index contributed by atoms with van der Waals surface area (Å²) in [5, 5.41) is 7.65. The molecule has 0 spiro atoms. The van der Waals surface area contributed by atoms with Gasteiger partial charge in [-0.3, -0.25) is 19.7 Å². The zero-order valence-corrected chi connectivity index (χ0v) is 17.3. The fourth-order valence-electron chi connectivity index (χ4n) is 3.19. The first-order valence-electron chi connectivity index (χ1n) is 8.98. The number of rotatable bonds is 3. The quantitative estimate of drug-likeness (QED) is 0.554. The summed E-state index contributed by atoms with van der Waals surface area (Å²) in [5.41, 5.74) is 1.02. The van der Waals surface area contributed by atoms with Gasteiger partial charge in [-0.15, -0.1) is 0 Å². The highest BCUT2D eigenvalue weighted by Crippen LogP contribution is 2.27. The number of nitrogens with zero attached hydrogens (tertiary/aromatic N) is 3. The standard InChI is InChI=1S/C21H15BrN4O4/c1-12-16(20(29)26(24-12)15-5-3-2-4-6-15)11-17-18(27)23-21(30)25(19(17)28)14-9-7-13(22)8-10-14/h2-11,16H,1H3,(H,23,27,30)/b17-11+/t16-/m0/s1. The van der Waals surface area contributed by atoms with Crippen molar-refractivity contribution in [3.8, 4) is 0 Å². The monoisotopic (exact) mass is 466 g/mol. The summed E-state index contributed by atoms with van der Waals surface area (Å²) in [6.45, 7) is 1.64. The van der Waals surface area contributed by atoms with E-state index in [4.69, 9.17) is 0 Å². The van der Waals surface area contributed by atoms with Crippen LogP contribution in [0.1, 0.15) is 6.92 Å². The molecule has 0 bridgehead atoms. The normalized spacial score (nSPS) is 20.7. The lowest BCUT2D eigenvalue weighted by Gasteiger charge is -2.26. The number of carbonyl (C=O) groups is 4. The minimum absolute atomic E-state index is 0.291. The van der Waals surface area contributed by atoms with Gasteiger partial charge in [0.15, 0.2) is 0 Å². The van der Waals surface area contributed by atoms with E-state index in [-0.39, 0.29) is 11.5 Å². The zero-order chi connectivity index (χ0) is 21.4. The number of carbonyl (C=O) groups excluding carboxylic acids is 4. The van der Waals surface area contributed by atoms with E-state index in [1.807, 2.05) is 6.07 Å². The van der Waals surface area contributed by atoms with Gasteiger partial charge >= 0.3 is 6.03 Å². The molecule has 150 valence electrons. The number of para-hydroxylation sites is 1. The highest BCUT2D eigenvalue weighted by atomic mass is 79.9. The molecule has 8 nitrogen and oxygen atoms in total. The second-order valence-electron chi connectivity index (χ2n) is 6.66. The van der Waals surface area contributed by atoms with Gasteiger partial charge in [0.05, 0.1) is 23.0 Å². The summed E-state index contributed by atoms with van der Waals surface area (Å²) < 4.78 is 0.771. The highest BCUT2D eigenvalue weighted by Gasteiger charge is 2.40. The summed E-state index contributed by atoms with van der Waals surface area (Å²) in [6, 6.07) is 14.5. The molecule has 0 saturated carbocycles. The van der Waals surface area contributed by atoms with Crippen LogP contribution >= 0.6 is 15.9 Å². The lowest BCUT2D eigenvalue weighted by molar-refractivity contribution is -0.122. The van der Waals surface area contributed by atoms with Gasteiger partial charge in [-0.1, -0.05) is 34.1 Å². The van der Waals surface area contributed by atoms with Crippen LogP contribution in [0.5, 0.6) is 0 Å². The maximum atomic E-state index is 13.0. The molecule has 4 rings (SSSR count). The van der Waals surface area contributed by atoms with Crippen LogP contribution in [0.3, 0.4) is 0 Å². The molecule has 5 amide bonds. The third kappa shape index (κ3) is 3.43. The first-order valence-corrected chi connectivity index (χ1v) is 9.77. The van der Waals surface area contributed by atoms with Crippen molar-refractivity contribution in [2.24, 2.45) is 11.0 Å². The van der Waals surface area contributed by atoms with Gasteiger partial charge in [0.1, 0.15) is 5.57 Å². The lowest BCUT2D eigenvalue weighted by Crippen LogP contribution is -2.54. The second-order valence-corrected chi connectivity index (χ2v) is 7.58. The van der Waals surface area contributed by atoms with Crippen LogP contribution in [-0.4, -0.2) is 29.5 Å². The number of hydrazone groups is 1. The van der Waals surface area contributed by atoms with Gasteiger partial charge < -0.3 is 0 Å². The molecule has 0 unspecified atom stereocenters. The molecule has 1 N–H and O–H groups in total. The predicted octanol–water partition coefficient (Wildman–Crippen LogP) is 3.00. The van der Waals surface area contributed by atoms with E-state index in [9.17, 15) is 19.2 Å². The van der Waals surface area contributed by atoms with Crippen molar-refractivity contribution in [2.45, 2.75) is 6.92 Å². The molecule has 1 atom stereocenters. The highest BCUT2D eigenvalue weighted by molar-refractivity contribution is 9.10. The van der Waals surface area contributed by atoms with E-state index in [0.29, 0.717) is 17.1 Å². The minimum Gasteiger partial charge on any atom is -0.273 e. The van der Waals surface area contributed by atoms with Crippen molar-refractivity contribution in [1.82, 2.24) is 5.32 Å². The fraction of sp³-hybridized carbons (Fsp3) is 0.0952. The maximum Gasteiger partial charge on any atom is 0.335 e. The Labute approximate surface area is 180 Å². The van der Waals surface area contributed by atoms with Gasteiger partial charge in [0.2, 0.25) is 0 Å². The molecule has 2 heterocycles. The topological polar surface area (TPSA) is 99.2 Å². The SMILES string of the molecule is CC1=NN(c2ccccc2)C(=O)[C@H]1/C=C1\C(=O)NC(=O)N(c2ccc(Br)cc2)C1=O. The Hall–Kier alpha value is -3.59. The Kier molecular flexibility index (Phi) is 5.04. The van der Waals surface area contributed by atoms with E-state index in [2.05, 4.69) is 26.3 Å². The molecule has 30 heavy (non-hydrogen) atoms. The van der Waals surface area contributed by atoms with E-state index in [1.54, 1.807) is 55.5 Å². The summed E-state index contributed by atoms with van der Waals surface area (Å²) >= 11 is 3.29. The lowest BCUT2D eigenvalue weighted by atomic mass is 9.98. The van der Waals surface area contributed by atoms with Crippen LogP contribution in [-0.2, 0) is 14.4 Å². The summed E-state index contributed by atoms with van der Waals surface area (Å²) in [6.07, 6.45) is 1.26. The van der Waals surface area contributed by atoms with E-state index < -0.39 is 23.8 Å². The zero-order valence-electron chi connectivity index (χ0n) is 15.7. The Bertz CT molecular complexity index is 1130. The smallest absolute Gasteiger partial charge is 0.273 e. The van der Waals surface area contributed by atoms with E-state index >= 15 is 0 Å². The Morgan fingerprint density at radius 1 is 0.967 bits per heavy atom. The number of nitrogens with one attached hydrogen (secondary N) is 1. The number of hydrogen-bond acceptors (Lipinski definition) is 5. The molecule has 2 aromatic rings. The number of urea groups is 1. The fourth-order valence-corrected chi connectivity index (χ4v) is 3.46. The number of halogens is 1. The van der Waals surface area contributed by atoms with Crippen molar-refractivity contribution in [3.63, 3.8) is 0 Å². The third-order valence-corrected chi connectivity index (χ3v) is 5.23. The first-order chi connectivity index (χ1) is 14.4. The van der Waals surface area contributed by atoms with Gasteiger partial charge in [0.25, 0.3) is 17.7 Å². The van der Waals surface area contributed by atoms with Crippen molar-refractivity contribution in [1.29, 1.82) is 0 Å². The average molecular weight is 467 g/mol. The van der Waals surface area contributed by atoms with Crippen LogP contribution in [0.25, 0.3) is 0 Å². The van der Waals surface area contributed by atoms with Crippen molar-refractivity contribution in [3.05, 3.63) is 70.7 Å². The molecular formula is C21H15BrN4O4. The first kappa shape index (κ1) is 19.7. The van der Waals surface area contributed by atoms with Crippen LogP contribution in [0.4, 0.5) is 16.2 Å². The number of benzene rings is 2. The van der Waals surface area contributed by atoms with E-state index in [0.717, 1.165) is 9.37 Å². The predicted molar refractivity (Wildman–Crippen MR) is 114 cm³/mol. The Balaban J connectivity index is 1.67. The third-order valence-electron chi connectivity index (χ3n) is 4.70. The summed E-state index contributed by atoms with van der Waals surface area (Å²) in [7, 11) is 0. The maximum absolute atomic E-state index is 13.0. The van der Waals surface area contributed by atoms with Crippen molar-refractivity contribution in [2.75, 3.05) is 9.91 Å². The van der Waals surface area contributed by atoms with Crippen LogP contribution in [0.15, 0.2) is 75.8 Å². The van der Waals surface area contributed by atoms with Gasteiger partial charge in [-0.2, -0.15) is 10.1 Å². The molecular weight excluding hydrogens is 452 g/mol. The number of hydrogen-bond donors (Lipinski definition) is 1. The Morgan fingerprint density at radius 2 is 1.63 bits per heavy atom. The van der Waals surface area contributed by atoms with Crippen LogP contribution in [0, 0.1) is 5.92 Å². The van der Waals surface area contributed by atoms with Crippen molar-refractivity contribution >= 4 is 56.8 Å². The number of imide groups is 2. The molecule has 1 fully saturated rings. The average Bonchev–Trinajstić information content (AvgIpc) is 3.01. The molecule has 2 aromatic carbocycles. The largest absolute Gasteiger partial charge is 0.335 e. The summed E-state index contributed by atoms with van der Waals surface area (Å²) in [4.78, 5) is 51.4. The van der Waals surface area contributed by atoms with Gasteiger partial charge in [0, 0.05) is 4.47 Å². The molecule has 0 aromatic heterocycles. The van der Waals surface area contributed by atoms with E-state index in [1.165, 1.54) is 11.1 Å². The molecule has 0 aliphatic carbocycles. The summed E-state index contributed by atoms with van der Waals surface area (Å²) in [5.74, 6) is -2.93. The Morgan fingerprint density at radius 3 is 2.30 bits per heavy atom. The second kappa shape index (κ2) is 7.68. The van der Waals surface area contributed by atoms with Crippen LogP contribution < -0.4 is 15.2 Å². The molecule has 9 heteroatoms. The molecule has 1 saturated heterocycles. The van der Waals surface area contributed by atoms with Crippen LogP contribution in [0.2, 0.25) is 0 Å². The number of amides is 5. The minimum atomic E-state index is -0.894. The van der Waals surface area contributed by atoms with Crippen molar-refractivity contribution < 1.29 is 19.2 Å².